The molecule has 5 rings (SSSR count). The van der Waals surface area contributed by atoms with Crippen molar-refractivity contribution in [3.8, 4) is 0 Å². The summed E-state index contributed by atoms with van der Waals surface area (Å²) in [6, 6.07) is 0. The van der Waals surface area contributed by atoms with Crippen molar-refractivity contribution in [2.45, 2.75) is 126 Å². The van der Waals surface area contributed by atoms with Gasteiger partial charge in [-0.25, -0.2) is 0 Å². The van der Waals surface area contributed by atoms with Crippen LogP contribution in [-0.2, 0) is 19.1 Å². The van der Waals surface area contributed by atoms with Gasteiger partial charge in [-0.2, -0.15) is 0 Å². The van der Waals surface area contributed by atoms with Crippen LogP contribution in [0, 0.1) is 50.7 Å². The van der Waals surface area contributed by atoms with Gasteiger partial charge in [0.2, 0.25) is 5.78 Å². The highest BCUT2D eigenvalue weighted by Crippen LogP contribution is 2.77. The van der Waals surface area contributed by atoms with Crippen molar-refractivity contribution in [1.82, 2.24) is 0 Å². The fourth-order valence-corrected chi connectivity index (χ4v) is 11.8. The minimum Gasteiger partial charge on any atom is -0.462 e. The fraction of sp³-hybridized carbons (Fsp3) is 0.848. The van der Waals surface area contributed by atoms with Crippen molar-refractivity contribution in [2.24, 2.45) is 50.7 Å². The van der Waals surface area contributed by atoms with Crippen molar-refractivity contribution in [2.75, 3.05) is 0 Å². The number of allylic oxidation sites excluding steroid dienone is 2. The number of rotatable bonds is 4. The quantitative estimate of drug-likeness (QED) is 0.155. The molecule has 5 aliphatic rings. The van der Waals surface area contributed by atoms with Gasteiger partial charge in [-0.3, -0.25) is 14.4 Å². The zero-order valence-corrected chi connectivity index (χ0v) is 25.7. The topological polar surface area (TPSA) is 60.4 Å². The molecule has 0 amide bonds. The number of esters is 1. The summed E-state index contributed by atoms with van der Waals surface area (Å²) in [5.74, 6) is 1.31. The lowest BCUT2D eigenvalue weighted by Gasteiger charge is -2.72. The van der Waals surface area contributed by atoms with Crippen molar-refractivity contribution in [3.63, 3.8) is 0 Å². The first kappa shape index (κ1) is 28.4. The summed E-state index contributed by atoms with van der Waals surface area (Å²) in [6.45, 7) is 18.4. The average molecular weight is 545 g/mol. The van der Waals surface area contributed by atoms with Crippen LogP contribution in [-0.4, -0.2) is 23.1 Å². The summed E-state index contributed by atoms with van der Waals surface area (Å²) in [5.41, 5.74) is 2.47. The van der Waals surface area contributed by atoms with E-state index < -0.39 is 10.7 Å². The number of hydrogen-bond acceptors (Lipinski definition) is 4. The maximum Gasteiger partial charge on any atom is 0.302 e. The predicted molar refractivity (Wildman–Crippen MR) is 150 cm³/mol. The van der Waals surface area contributed by atoms with Gasteiger partial charge in [0.15, 0.2) is 0 Å². The molecule has 0 heterocycles. The van der Waals surface area contributed by atoms with Crippen LogP contribution in [0.5, 0.6) is 0 Å². The lowest BCUT2D eigenvalue weighted by atomic mass is 9.33. The summed E-state index contributed by atoms with van der Waals surface area (Å²) in [6.07, 6.45) is 10.00. The average Bonchev–Trinajstić information content (AvgIpc) is 3.22. The normalized spacial score (nSPS) is 45.5. The minimum atomic E-state index is -0.782. The first-order chi connectivity index (χ1) is 17.6. The maximum absolute atomic E-state index is 13.5. The second kappa shape index (κ2) is 8.92. The van der Waals surface area contributed by atoms with E-state index in [4.69, 9.17) is 16.3 Å². The number of fused-ring (bicyclic) bond motifs is 7. The van der Waals surface area contributed by atoms with Gasteiger partial charge in [0.25, 0.3) is 5.24 Å². The Morgan fingerprint density at radius 2 is 1.53 bits per heavy atom. The van der Waals surface area contributed by atoms with Crippen molar-refractivity contribution >= 4 is 28.6 Å². The van der Waals surface area contributed by atoms with Crippen LogP contribution in [0.1, 0.15) is 120 Å². The lowest BCUT2D eigenvalue weighted by Crippen LogP contribution is -2.66. The molecule has 5 aliphatic carbocycles. The van der Waals surface area contributed by atoms with Gasteiger partial charge in [0.1, 0.15) is 6.10 Å². The number of ether oxygens (including phenoxy) is 1. The molecule has 0 bridgehead atoms. The third-order valence-corrected chi connectivity index (χ3v) is 13.7. The molecule has 212 valence electrons. The third kappa shape index (κ3) is 3.56. The van der Waals surface area contributed by atoms with Crippen LogP contribution < -0.4 is 0 Å². The molecule has 0 aromatic rings. The Bertz CT molecular complexity index is 1090. The Morgan fingerprint density at radius 3 is 2.13 bits per heavy atom. The van der Waals surface area contributed by atoms with Gasteiger partial charge in [-0.15, -0.1) is 0 Å². The van der Waals surface area contributed by atoms with E-state index in [2.05, 4.69) is 48.5 Å². The predicted octanol–water partition coefficient (Wildman–Crippen LogP) is 8.05. The molecule has 0 aliphatic heterocycles. The first-order valence-corrected chi connectivity index (χ1v) is 15.6. The van der Waals surface area contributed by atoms with Crippen LogP contribution in [0.25, 0.3) is 0 Å². The second-order valence-corrected chi connectivity index (χ2v) is 15.7. The molecule has 8 atom stereocenters. The van der Waals surface area contributed by atoms with Gasteiger partial charge in [-0.05, 0) is 116 Å². The Labute approximate surface area is 235 Å². The van der Waals surface area contributed by atoms with Crippen molar-refractivity contribution in [1.29, 1.82) is 0 Å². The summed E-state index contributed by atoms with van der Waals surface area (Å²) in [4.78, 5) is 37.7. The molecule has 0 spiro atoms. The fourth-order valence-electron chi connectivity index (χ4n) is 11.6. The Morgan fingerprint density at radius 1 is 0.842 bits per heavy atom. The Kier molecular flexibility index (Phi) is 6.66. The number of carbonyl (C=O) groups is 3. The molecule has 38 heavy (non-hydrogen) atoms. The Balaban J connectivity index is 1.56. The molecule has 0 saturated heterocycles. The van der Waals surface area contributed by atoms with E-state index in [9.17, 15) is 14.4 Å². The van der Waals surface area contributed by atoms with E-state index in [1.807, 2.05) is 0 Å². The molecule has 0 aromatic carbocycles. The second-order valence-electron chi connectivity index (χ2n) is 15.4. The van der Waals surface area contributed by atoms with Crippen molar-refractivity contribution in [3.05, 3.63) is 11.1 Å². The monoisotopic (exact) mass is 544 g/mol. The first-order valence-electron chi connectivity index (χ1n) is 15.2. The van der Waals surface area contributed by atoms with Gasteiger partial charge < -0.3 is 4.74 Å². The number of Topliss-reactive ketones (excluding diaryl/α,β-unsaturated/α-hetero) is 1. The third-order valence-electron chi connectivity index (χ3n) is 13.5. The summed E-state index contributed by atoms with van der Waals surface area (Å²) in [5, 5.41) is -0.782. The van der Waals surface area contributed by atoms with Gasteiger partial charge >= 0.3 is 5.97 Å². The molecular weight excluding hydrogens is 496 g/mol. The van der Waals surface area contributed by atoms with Crippen LogP contribution in [0.3, 0.4) is 0 Å². The van der Waals surface area contributed by atoms with Crippen LogP contribution in [0.2, 0.25) is 0 Å². The van der Waals surface area contributed by atoms with Crippen molar-refractivity contribution < 1.29 is 19.1 Å². The van der Waals surface area contributed by atoms with E-state index in [0.717, 1.165) is 57.8 Å². The molecule has 4 nitrogen and oxygen atoms in total. The Hall–Kier alpha value is -1.16. The zero-order chi connectivity index (χ0) is 28.1. The van der Waals surface area contributed by atoms with E-state index in [0.29, 0.717) is 23.7 Å². The highest BCUT2D eigenvalue weighted by molar-refractivity contribution is 6.81. The zero-order valence-electron chi connectivity index (χ0n) is 25.0. The molecular formula is C33H49ClO4. The van der Waals surface area contributed by atoms with E-state index >= 15 is 0 Å². The van der Waals surface area contributed by atoms with Crippen LogP contribution in [0.15, 0.2) is 11.1 Å². The highest BCUT2D eigenvalue weighted by atomic mass is 35.5. The maximum atomic E-state index is 13.5. The van der Waals surface area contributed by atoms with E-state index in [-0.39, 0.29) is 39.5 Å². The van der Waals surface area contributed by atoms with Crippen LogP contribution in [0.4, 0.5) is 0 Å². The lowest BCUT2D eigenvalue weighted by molar-refractivity contribution is -0.232. The summed E-state index contributed by atoms with van der Waals surface area (Å²) >= 11 is 5.92. The number of carbonyl (C=O) groups excluding carboxylic acids is 3. The van der Waals surface area contributed by atoms with Crippen LogP contribution >= 0.6 is 11.6 Å². The molecule has 4 fully saturated rings. The SMILES string of the molecule is CC(=O)O[C@H]1CC[C@]2(C)[C@H]3CC[C@@H]4C5=C(C(C)C)CC[C@]5(C(=O)C(=O)Cl)CC[C@@]4(C)[C@]3(C)CC[C@H]2C1(C)C. The van der Waals surface area contributed by atoms with Gasteiger partial charge in [0, 0.05) is 12.3 Å². The van der Waals surface area contributed by atoms with E-state index in [1.165, 1.54) is 17.6 Å². The number of hydrogen-bond donors (Lipinski definition) is 0. The summed E-state index contributed by atoms with van der Waals surface area (Å²) < 4.78 is 5.89. The van der Waals surface area contributed by atoms with E-state index in [1.54, 1.807) is 6.92 Å². The minimum absolute atomic E-state index is 0.0130. The largest absolute Gasteiger partial charge is 0.462 e. The van der Waals surface area contributed by atoms with Gasteiger partial charge in [0.05, 0.1) is 5.41 Å². The summed E-state index contributed by atoms with van der Waals surface area (Å²) in [7, 11) is 0. The standard InChI is InChI=1S/C33H49ClO4/c1-19(2)21-11-16-33(27(36)28(34)37)18-17-31(7)22(26(21)33)9-10-24-30(6)14-13-25(38-20(3)35)29(4,5)23(30)12-15-32(24,31)8/h19,22-25H,9-18H2,1-8H3/t22-,23+,24-,25+,30+,31-,32-,33+/m1/s1. The smallest absolute Gasteiger partial charge is 0.302 e. The number of halogens is 1. The molecule has 0 radical (unpaired) electrons. The molecule has 4 saturated carbocycles. The molecule has 0 unspecified atom stereocenters. The molecule has 0 aromatic heterocycles. The van der Waals surface area contributed by atoms with Gasteiger partial charge in [-0.1, -0.05) is 59.6 Å². The highest BCUT2D eigenvalue weighted by Gasteiger charge is 2.70. The number of ketones is 1. The molecule has 0 N–H and O–H groups in total. The molecule has 5 heteroatoms.